The van der Waals surface area contributed by atoms with Crippen LogP contribution in [0, 0.1) is 0 Å². The molecule has 6 heteroatoms. The highest BCUT2D eigenvalue weighted by atomic mass is 19.4. The molecule has 0 aliphatic heterocycles. The summed E-state index contributed by atoms with van der Waals surface area (Å²) in [5, 5.41) is 10.7. The van der Waals surface area contributed by atoms with Gasteiger partial charge < -0.3 is 9.84 Å². The maximum absolute atomic E-state index is 13.3. The molecular formula is C25H18F3NO2. The van der Waals surface area contributed by atoms with Gasteiger partial charge in [-0.2, -0.15) is 13.2 Å². The third kappa shape index (κ3) is 4.23. The molecule has 0 saturated carbocycles. The fraction of sp³-hybridized carbons (Fsp3) is 0.0800. The van der Waals surface area contributed by atoms with Crippen LogP contribution in [0.1, 0.15) is 5.56 Å². The van der Waals surface area contributed by atoms with E-state index in [1.165, 1.54) is 12.1 Å². The first-order valence-electron chi connectivity index (χ1n) is 9.48. The minimum absolute atomic E-state index is 0.115. The van der Waals surface area contributed by atoms with Gasteiger partial charge in [0.05, 0.1) is 18.4 Å². The van der Waals surface area contributed by atoms with Gasteiger partial charge in [0.25, 0.3) is 0 Å². The van der Waals surface area contributed by atoms with Crippen molar-refractivity contribution < 1.29 is 23.0 Å². The molecule has 0 spiro atoms. The zero-order valence-corrected chi connectivity index (χ0v) is 16.5. The fourth-order valence-electron chi connectivity index (χ4n) is 3.36. The molecule has 3 nitrogen and oxygen atoms in total. The lowest BCUT2D eigenvalue weighted by atomic mass is 9.96. The lowest BCUT2D eigenvalue weighted by molar-refractivity contribution is -0.137. The number of methoxy groups -OCH3 is 1. The van der Waals surface area contributed by atoms with E-state index in [4.69, 9.17) is 4.74 Å². The average Bonchev–Trinajstić information content (AvgIpc) is 2.79. The highest BCUT2D eigenvalue weighted by Gasteiger charge is 2.30. The van der Waals surface area contributed by atoms with Crippen LogP contribution in [0.5, 0.6) is 11.5 Å². The molecule has 0 unspecified atom stereocenters. The monoisotopic (exact) mass is 421 g/mol. The van der Waals surface area contributed by atoms with E-state index in [0.717, 1.165) is 12.1 Å². The summed E-state index contributed by atoms with van der Waals surface area (Å²) in [6.45, 7) is 0. The number of alkyl halides is 3. The third-order valence-electron chi connectivity index (χ3n) is 4.91. The largest absolute Gasteiger partial charge is 0.506 e. The Bertz CT molecular complexity index is 1200. The molecular weight excluding hydrogens is 403 g/mol. The molecule has 0 aliphatic rings. The van der Waals surface area contributed by atoms with E-state index in [9.17, 15) is 18.3 Å². The number of hydrogen-bond donors (Lipinski definition) is 1. The number of ether oxygens (including phenoxy) is 1. The molecule has 31 heavy (non-hydrogen) atoms. The van der Waals surface area contributed by atoms with Gasteiger partial charge in [-0.1, -0.05) is 42.5 Å². The number of pyridine rings is 1. The third-order valence-corrected chi connectivity index (χ3v) is 4.91. The minimum Gasteiger partial charge on any atom is -0.506 e. The Hall–Kier alpha value is -3.80. The molecule has 1 aromatic heterocycles. The van der Waals surface area contributed by atoms with Crippen LogP contribution in [-0.2, 0) is 6.18 Å². The van der Waals surface area contributed by atoms with E-state index >= 15 is 0 Å². The lowest BCUT2D eigenvalue weighted by Crippen LogP contribution is -2.04. The number of halogens is 3. The summed E-state index contributed by atoms with van der Waals surface area (Å²) >= 11 is 0. The predicted molar refractivity (Wildman–Crippen MR) is 114 cm³/mol. The molecule has 0 atom stereocenters. The zero-order valence-electron chi connectivity index (χ0n) is 16.5. The van der Waals surface area contributed by atoms with Crippen molar-refractivity contribution in [2.24, 2.45) is 0 Å². The van der Waals surface area contributed by atoms with E-state index in [-0.39, 0.29) is 5.75 Å². The maximum Gasteiger partial charge on any atom is 0.416 e. The highest BCUT2D eigenvalue weighted by Crippen LogP contribution is 2.40. The Kier molecular flexibility index (Phi) is 5.38. The van der Waals surface area contributed by atoms with E-state index in [2.05, 4.69) is 4.98 Å². The molecule has 0 bridgehead atoms. The van der Waals surface area contributed by atoms with Crippen molar-refractivity contribution in [3.8, 4) is 45.1 Å². The Balaban J connectivity index is 1.95. The average molecular weight is 421 g/mol. The molecule has 1 N–H and O–H groups in total. The summed E-state index contributed by atoms with van der Waals surface area (Å²) in [5.74, 6) is 0.530. The van der Waals surface area contributed by atoms with Gasteiger partial charge in [-0.3, -0.25) is 0 Å². The van der Waals surface area contributed by atoms with Crippen molar-refractivity contribution in [1.82, 2.24) is 4.98 Å². The first-order chi connectivity index (χ1) is 14.9. The smallest absolute Gasteiger partial charge is 0.416 e. The van der Waals surface area contributed by atoms with E-state index in [0.29, 0.717) is 39.4 Å². The van der Waals surface area contributed by atoms with Gasteiger partial charge in [-0.05, 0) is 48.0 Å². The Morgan fingerprint density at radius 2 is 1.39 bits per heavy atom. The molecule has 4 aromatic rings. The maximum atomic E-state index is 13.3. The summed E-state index contributed by atoms with van der Waals surface area (Å²) in [4.78, 5) is 4.66. The summed E-state index contributed by atoms with van der Waals surface area (Å²) in [6, 6.07) is 22.6. The lowest BCUT2D eigenvalue weighted by Gasteiger charge is -2.15. The fourth-order valence-corrected chi connectivity index (χ4v) is 3.36. The number of benzene rings is 3. The molecule has 0 fully saturated rings. The molecule has 0 radical (unpaired) electrons. The number of rotatable bonds is 4. The quantitative estimate of drug-likeness (QED) is 0.393. The first-order valence-corrected chi connectivity index (χ1v) is 9.48. The van der Waals surface area contributed by atoms with Crippen molar-refractivity contribution in [2.75, 3.05) is 7.11 Å². The summed E-state index contributed by atoms with van der Waals surface area (Å²) in [6.07, 6.45) is -4.48. The van der Waals surface area contributed by atoms with Crippen molar-refractivity contribution in [3.05, 3.63) is 90.5 Å². The first kappa shape index (κ1) is 20.5. The number of hydrogen-bond acceptors (Lipinski definition) is 3. The molecule has 0 amide bonds. The van der Waals surface area contributed by atoms with Crippen LogP contribution in [0.3, 0.4) is 0 Å². The van der Waals surface area contributed by atoms with Crippen molar-refractivity contribution in [1.29, 1.82) is 0 Å². The van der Waals surface area contributed by atoms with Gasteiger partial charge in [0.1, 0.15) is 17.2 Å². The van der Waals surface area contributed by atoms with Crippen molar-refractivity contribution >= 4 is 0 Å². The van der Waals surface area contributed by atoms with Gasteiger partial charge in [0.15, 0.2) is 0 Å². The highest BCUT2D eigenvalue weighted by molar-refractivity contribution is 5.85. The van der Waals surface area contributed by atoms with Gasteiger partial charge >= 0.3 is 6.18 Å². The Morgan fingerprint density at radius 3 is 2.03 bits per heavy atom. The molecule has 156 valence electrons. The van der Waals surface area contributed by atoms with Crippen LogP contribution in [0.2, 0.25) is 0 Å². The van der Waals surface area contributed by atoms with Gasteiger partial charge in [-0.15, -0.1) is 0 Å². The van der Waals surface area contributed by atoms with Crippen molar-refractivity contribution in [2.45, 2.75) is 6.18 Å². The Labute approximate surface area is 177 Å². The second-order valence-electron chi connectivity index (χ2n) is 6.93. The molecule has 0 saturated heterocycles. The summed E-state index contributed by atoms with van der Waals surface area (Å²) in [7, 11) is 1.55. The number of nitrogens with zero attached hydrogens (tertiary/aromatic N) is 1. The van der Waals surface area contributed by atoms with Gasteiger partial charge in [-0.25, -0.2) is 4.98 Å². The number of aromatic nitrogens is 1. The minimum atomic E-state index is -4.48. The summed E-state index contributed by atoms with van der Waals surface area (Å²) in [5.41, 5.74) is 2.13. The molecule has 4 rings (SSSR count). The molecule has 0 aliphatic carbocycles. The zero-order chi connectivity index (χ0) is 22.0. The topological polar surface area (TPSA) is 42.4 Å². The summed E-state index contributed by atoms with van der Waals surface area (Å²) < 4.78 is 45.0. The van der Waals surface area contributed by atoms with Crippen molar-refractivity contribution in [3.63, 3.8) is 0 Å². The second-order valence-corrected chi connectivity index (χ2v) is 6.93. The van der Waals surface area contributed by atoms with Crippen LogP contribution in [-0.4, -0.2) is 17.2 Å². The molecule has 3 aromatic carbocycles. The van der Waals surface area contributed by atoms with Crippen LogP contribution in [0.25, 0.3) is 33.6 Å². The predicted octanol–water partition coefficient (Wildman–Crippen LogP) is 6.82. The molecule has 1 heterocycles. The van der Waals surface area contributed by atoms with Crippen LogP contribution < -0.4 is 4.74 Å². The van der Waals surface area contributed by atoms with Crippen LogP contribution in [0.15, 0.2) is 84.9 Å². The van der Waals surface area contributed by atoms with Crippen LogP contribution in [0.4, 0.5) is 13.2 Å². The number of aromatic hydroxyl groups is 1. The van der Waals surface area contributed by atoms with E-state index in [1.54, 1.807) is 37.4 Å². The second kappa shape index (κ2) is 8.14. The normalized spacial score (nSPS) is 11.4. The van der Waals surface area contributed by atoms with Gasteiger partial charge in [0, 0.05) is 16.7 Å². The standard InChI is InChI=1S/C25H18F3NO2/c1-31-20-12-10-17(11-13-20)23-21(18-8-5-9-19(14-18)25(26,27)28)15-22(30)24(29-23)16-6-3-2-4-7-16/h2-15,30H,1H3. The van der Waals surface area contributed by atoms with Crippen LogP contribution >= 0.6 is 0 Å². The van der Waals surface area contributed by atoms with E-state index in [1.807, 2.05) is 30.3 Å². The van der Waals surface area contributed by atoms with Gasteiger partial charge in [0.2, 0.25) is 0 Å². The SMILES string of the molecule is COc1ccc(-c2nc(-c3ccccc3)c(O)cc2-c2cccc(C(F)(F)F)c2)cc1. The van der Waals surface area contributed by atoms with E-state index < -0.39 is 11.7 Å². The Morgan fingerprint density at radius 1 is 0.742 bits per heavy atom.